The maximum absolute atomic E-state index is 13.0. The van der Waals surface area contributed by atoms with Crippen LogP contribution in [0.1, 0.15) is 18.9 Å². The zero-order valence-electron chi connectivity index (χ0n) is 15.7. The van der Waals surface area contributed by atoms with Gasteiger partial charge in [0.05, 0.1) is 32.5 Å². The van der Waals surface area contributed by atoms with E-state index in [1.54, 1.807) is 0 Å². The number of aliphatic hydroxyl groups excluding tert-OH is 1. The van der Waals surface area contributed by atoms with Gasteiger partial charge in [-0.05, 0) is 12.0 Å². The third-order valence-electron chi connectivity index (χ3n) is 3.73. The summed E-state index contributed by atoms with van der Waals surface area (Å²) in [6.45, 7) is 1.76. The molecule has 1 aromatic heterocycles. The molecule has 0 aliphatic carbocycles. The van der Waals surface area contributed by atoms with E-state index in [9.17, 15) is 19.3 Å². The Balaban J connectivity index is 2.00. The molecule has 0 spiro atoms. The van der Waals surface area contributed by atoms with Gasteiger partial charge in [0.25, 0.3) is 5.56 Å². The van der Waals surface area contributed by atoms with E-state index in [-0.39, 0.29) is 26.1 Å². The quantitative estimate of drug-likeness (QED) is 0.509. The van der Waals surface area contributed by atoms with Gasteiger partial charge in [0.2, 0.25) is 0 Å². The van der Waals surface area contributed by atoms with Gasteiger partial charge >= 0.3 is 13.3 Å². The van der Waals surface area contributed by atoms with E-state index in [0.29, 0.717) is 6.42 Å². The second kappa shape index (κ2) is 11.1. The SMILES string of the molecule is CCCOP(=O)(COC(CO)Cn1ccc(=O)[nH]c1=O)OCc1ccccc1. The molecule has 0 aliphatic rings. The lowest BCUT2D eigenvalue weighted by Gasteiger charge is -2.22. The maximum atomic E-state index is 13.0. The Bertz CT molecular complexity index is 881. The van der Waals surface area contributed by atoms with Crippen LogP contribution in [0.3, 0.4) is 0 Å². The molecule has 2 unspecified atom stereocenters. The van der Waals surface area contributed by atoms with Gasteiger partial charge in [-0.2, -0.15) is 0 Å². The van der Waals surface area contributed by atoms with Crippen LogP contribution >= 0.6 is 7.60 Å². The molecule has 2 rings (SSSR count). The third-order valence-corrected chi connectivity index (χ3v) is 5.30. The van der Waals surface area contributed by atoms with E-state index >= 15 is 0 Å². The van der Waals surface area contributed by atoms with Crippen molar-refractivity contribution in [2.24, 2.45) is 0 Å². The Kier molecular flexibility index (Phi) is 8.82. The highest BCUT2D eigenvalue weighted by Crippen LogP contribution is 2.49. The number of benzene rings is 1. The summed E-state index contributed by atoms with van der Waals surface area (Å²) in [5.41, 5.74) is -0.309. The molecule has 10 heteroatoms. The van der Waals surface area contributed by atoms with Crippen molar-refractivity contribution in [3.63, 3.8) is 0 Å². The summed E-state index contributed by atoms with van der Waals surface area (Å²) in [6, 6.07) is 10.4. The Hall–Kier alpha value is -2.03. The predicted molar refractivity (Wildman–Crippen MR) is 103 cm³/mol. The highest BCUT2D eigenvalue weighted by molar-refractivity contribution is 7.53. The molecule has 0 saturated heterocycles. The maximum Gasteiger partial charge on any atom is 0.356 e. The summed E-state index contributed by atoms with van der Waals surface area (Å²) in [6.07, 6.45) is 0.743. The fourth-order valence-electron chi connectivity index (χ4n) is 2.26. The largest absolute Gasteiger partial charge is 0.394 e. The minimum absolute atomic E-state index is 0.0292. The normalized spacial score (nSPS) is 14.5. The topological polar surface area (TPSA) is 120 Å². The van der Waals surface area contributed by atoms with Crippen LogP contribution in [0.2, 0.25) is 0 Å². The van der Waals surface area contributed by atoms with Crippen molar-refractivity contribution in [2.75, 3.05) is 19.6 Å². The lowest BCUT2D eigenvalue weighted by Crippen LogP contribution is -2.34. The van der Waals surface area contributed by atoms with Crippen molar-refractivity contribution in [3.05, 3.63) is 69.0 Å². The Morgan fingerprint density at radius 2 is 1.93 bits per heavy atom. The highest BCUT2D eigenvalue weighted by atomic mass is 31.2. The third kappa shape index (κ3) is 7.18. The number of H-pyrrole nitrogens is 1. The van der Waals surface area contributed by atoms with Gasteiger partial charge in [-0.25, -0.2) is 4.79 Å². The molecule has 9 nitrogen and oxygen atoms in total. The molecule has 2 N–H and O–H groups in total. The minimum Gasteiger partial charge on any atom is -0.394 e. The first-order valence-corrected chi connectivity index (χ1v) is 10.6. The first-order valence-electron chi connectivity index (χ1n) is 8.90. The molecular weight excluding hydrogens is 387 g/mol. The number of rotatable bonds is 12. The Labute approximate surface area is 162 Å². The summed E-state index contributed by atoms with van der Waals surface area (Å²) >= 11 is 0. The minimum atomic E-state index is -3.57. The number of nitrogens with one attached hydrogen (secondary N) is 1. The van der Waals surface area contributed by atoms with Crippen LogP contribution in [0, 0.1) is 0 Å². The summed E-state index contributed by atoms with van der Waals surface area (Å²) in [7, 11) is -3.57. The molecule has 0 bridgehead atoms. The zero-order chi connectivity index (χ0) is 20.4. The molecular formula is C18H25N2O7P. The molecule has 1 heterocycles. The molecule has 28 heavy (non-hydrogen) atoms. The number of hydrogen-bond donors (Lipinski definition) is 2. The van der Waals surface area contributed by atoms with Crippen molar-refractivity contribution in [2.45, 2.75) is 32.6 Å². The van der Waals surface area contributed by atoms with Crippen LogP contribution in [0.25, 0.3) is 0 Å². The average Bonchev–Trinajstić information content (AvgIpc) is 2.70. The van der Waals surface area contributed by atoms with Crippen LogP contribution in [0.15, 0.2) is 52.2 Å². The number of ether oxygens (including phenoxy) is 1. The number of aliphatic hydroxyl groups is 1. The van der Waals surface area contributed by atoms with E-state index in [2.05, 4.69) is 4.98 Å². The van der Waals surface area contributed by atoms with Crippen LogP contribution in [-0.4, -0.2) is 40.3 Å². The highest BCUT2D eigenvalue weighted by Gasteiger charge is 2.27. The standard InChI is InChI=1S/C18H25N2O7P/c1-2-10-26-28(24,27-13-15-6-4-3-5-7-15)14-25-16(12-21)11-20-9-8-17(22)19-18(20)23/h3-9,16,21H,2,10-14H2,1H3,(H,19,22,23). The second-order valence-corrected chi connectivity index (χ2v) is 8.06. The predicted octanol–water partition coefficient (Wildman–Crippen LogP) is 1.71. The van der Waals surface area contributed by atoms with E-state index in [1.807, 2.05) is 37.3 Å². The molecule has 2 aromatic rings. The molecule has 0 amide bonds. The van der Waals surface area contributed by atoms with Crippen LogP contribution < -0.4 is 11.2 Å². The van der Waals surface area contributed by atoms with Gasteiger partial charge in [-0.1, -0.05) is 37.3 Å². The average molecular weight is 412 g/mol. The molecule has 0 fully saturated rings. The summed E-state index contributed by atoms with van der Waals surface area (Å²) in [4.78, 5) is 25.0. The first-order chi connectivity index (χ1) is 13.5. The van der Waals surface area contributed by atoms with Crippen molar-refractivity contribution in [3.8, 4) is 0 Å². The Morgan fingerprint density at radius 3 is 2.57 bits per heavy atom. The van der Waals surface area contributed by atoms with Gasteiger partial charge in [-0.3, -0.25) is 18.9 Å². The fraction of sp³-hybridized carbons (Fsp3) is 0.444. The second-order valence-electron chi connectivity index (χ2n) is 6.07. The summed E-state index contributed by atoms with van der Waals surface area (Å²) in [5.74, 6) is 0. The van der Waals surface area contributed by atoms with E-state index in [0.717, 1.165) is 5.56 Å². The van der Waals surface area contributed by atoms with Crippen molar-refractivity contribution >= 4 is 7.60 Å². The van der Waals surface area contributed by atoms with E-state index in [4.69, 9.17) is 13.8 Å². The van der Waals surface area contributed by atoms with Crippen LogP contribution in [-0.2, 0) is 31.5 Å². The fourth-order valence-corrected chi connectivity index (χ4v) is 3.68. The van der Waals surface area contributed by atoms with Gasteiger partial charge in [-0.15, -0.1) is 0 Å². The number of hydrogen-bond acceptors (Lipinski definition) is 7. The molecule has 0 saturated carbocycles. The van der Waals surface area contributed by atoms with Gasteiger partial charge < -0.3 is 18.9 Å². The zero-order valence-corrected chi connectivity index (χ0v) is 16.5. The number of aromatic nitrogens is 2. The van der Waals surface area contributed by atoms with Crippen molar-refractivity contribution in [1.29, 1.82) is 0 Å². The van der Waals surface area contributed by atoms with Gasteiger partial charge in [0.15, 0.2) is 0 Å². The monoisotopic (exact) mass is 412 g/mol. The Morgan fingerprint density at radius 1 is 1.18 bits per heavy atom. The van der Waals surface area contributed by atoms with Crippen LogP contribution in [0.5, 0.6) is 0 Å². The molecule has 2 atom stereocenters. The summed E-state index contributed by atoms with van der Waals surface area (Å²) < 4.78 is 30.6. The molecule has 0 aliphatic heterocycles. The van der Waals surface area contributed by atoms with Crippen molar-refractivity contribution in [1.82, 2.24) is 9.55 Å². The lowest BCUT2D eigenvalue weighted by molar-refractivity contribution is 0.0137. The molecule has 1 aromatic carbocycles. The van der Waals surface area contributed by atoms with Crippen LogP contribution in [0.4, 0.5) is 0 Å². The number of nitrogens with zero attached hydrogens (tertiary/aromatic N) is 1. The smallest absolute Gasteiger partial charge is 0.356 e. The first kappa shape index (κ1) is 22.3. The summed E-state index contributed by atoms with van der Waals surface area (Å²) in [5, 5.41) is 9.53. The number of aromatic amines is 1. The van der Waals surface area contributed by atoms with E-state index in [1.165, 1.54) is 16.8 Å². The van der Waals surface area contributed by atoms with E-state index < -0.39 is 31.6 Å². The van der Waals surface area contributed by atoms with Crippen molar-refractivity contribution < 1.29 is 23.5 Å². The molecule has 0 radical (unpaired) electrons. The van der Waals surface area contributed by atoms with Gasteiger partial charge in [0, 0.05) is 12.3 Å². The molecule has 154 valence electrons. The lowest BCUT2D eigenvalue weighted by atomic mass is 10.2. The van der Waals surface area contributed by atoms with Gasteiger partial charge in [0.1, 0.15) is 6.35 Å².